The van der Waals surface area contributed by atoms with Crippen LogP contribution in [-0.2, 0) is 20.8 Å². The van der Waals surface area contributed by atoms with Crippen LogP contribution in [0.25, 0.3) is 16.8 Å². The van der Waals surface area contributed by atoms with Crippen molar-refractivity contribution in [2.45, 2.75) is 59.6 Å². The molecule has 0 aliphatic rings. The highest BCUT2D eigenvalue weighted by atomic mass is 16.6. The molecule has 2 heterocycles. The number of benzene rings is 1. The van der Waals surface area contributed by atoms with Gasteiger partial charge in [-0.25, -0.2) is 14.3 Å². The van der Waals surface area contributed by atoms with Crippen molar-refractivity contribution in [3.8, 4) is 23.1 Å². The lowest BCUT2D eigenvalue weighted by molar-refractivity contribution is -0.141. The standard InChI is InChI=1S/C26H30N4O4/c1-18-13-21(10-11-22(18)15-27-25(32)34-26(3,4)5)24-23-14-20(16-30(23)29-17-28-24)9-7-6-8-12-33-19(2)31/h10-11,13-14,16-17H,6,8,12,15H2,1-5H3,(H,27,32). The van der Waals surface area contributed by atoms with E-state index in [1.54, 1.807) is 4.52 Å². The largest absolute Gasteiger partial charge is 0.466 e. The first-order valence-electron chi connectivity index (χ1n) is 11.1. The summed E-state index contributed by atoms with van der Waals surface area (Å²) in [5.41, 5.74) is 4.93. The first kappa shape index (κ1) is 24.8. The molecule has 8 heteroatoms. The summed E-state index contributed by atoms with van der Waals surface area (Å²) in [6.07, 6.45) is 4.27. The number of hydrogen-bond donors (Lipinski definition) is 1. The van der Waals surface area contributed by atoms with E-state index in [1.807, 2.05) is 58.2 Å². The fourth-order valence-corrected chi connectivity index (χ4v) is 3.28. The van der Waals surface area contributed by atoms with Crippen LogP contribution in [-0.4, -0.2) is 38.9 Å². The van der Waals surface area contributed by atoms with Crippen LogP contribution in [0.4, 0.5) is 4.79 Å². The topological polar surface area (TPSA) is 94.8 Å². The minimum atomic E-state index is -0.536. The smallest absolute Gasteiger partial charge is 0.407 e. The molecular weight excluding hydrogens is 432 g/mol. The average molecular weight is 463 g/mol. The van der Waals surface area contributed by atoms with Crippen molar-refractivity contribution in [3.63, 3.8) is 0 Å². The monoisotopic (exact) mass is 462 g/mol. The predicted octanol–water partition coefficient (Wildman–Crippen LogP) is 4.42. The van der Waals surface area contributed by atoms with Gasteiger partial charge in [0.05, 0.1) is 17.8 Å². The van der Waals surface area contributed by atoms with E-state index in [-0.39, 0.29) is 5.97 Å². The SMILES string of the molecule is CC(=O)OCCCC#Cc1cc2c(-c3ccc(CNC(=O)OC(C)(C)C)c(C)c3)ncnn2c1. The Morgan fingerprint density at radius 1 is 1.21 bits per heavy atom. The van der Waals surface area contributed by atoms with Gasteiger partial charge in [0.25, 0.3) is 0 Å². The van der Waals surface area contributed by atoms with Gasteiger partial charge in [-0.05, 0) is 57.4 Å². The first-order valence-corrected chi connectivity index (χ1v) is 11.1. The van der Waals surface area contributed by atoms with E-state index in [0.29, 0.717) is 26.0 Å². The van der Waals surface area contributed by atoms with Gasteiger partial charge in [0, 0.05) is 37.2 Å². The maximum atomic E-state index is 12.0. The van der Waals surface area contributed by atoms with E-state index in [0.717, 1.165) is 33.5 Å². The van der Waals surface area contributed by atoms with Crippen molar-refractivity contribution >= 4 is 17.6 Å². The molecule has 1 N–H and O–H groups in total. The van der Waals surface area contributed by atoms with Crippen molar-refractivity contribution < 1.29 is 19.1 Å². The summed E-state index contributed by atoms with van der Waals surface area (Å²) in [4.78, 5) is 27.2. The highest BCUT2D eigenvalue weighted by molar-refractivity contribution is 5.78. The van der Waals surface area contributed by atoms with E-state index < -0.39 is 11.7 Å². The molecular formula is C26H30N4O4. The third-order valence-corrected chi connectivity index (χ3v) is 4.83. The number of nitrogens with zero attached hydrogens (tertiary/aromatic N) is 3. The fraction of sp³-hybridized carbons (Fsp3) is 0.385. The number of esters is 1. The fourth-order valence-electron chi connectivity index (χ4n) is 3.28. The van der Waals surface area contributed by atoms with E-state index in [4.69, 9.17) is 9.47 Å². The second-order valence-corrected chi connectivity index (χ2v) is 8.91. The number of carbonyl (C=O) groups excluding carboxylic acids is 2. The number of unbranched alkanes of at least 4 members (excludes halogenated alkanes) is 1. The Kier molecular flexibility index (Phi) is 7.90. The van der Waals surface area contributed by atoms with Gasteiger partial charge in [-0.3, -0.25) is 4.79 Å². The maximum absolute atomic E-state index is 12.0. The van der Waals surface area contributed by atoms with Gasteiger partial charge in [0.1, 0.15) is 11.9 Å². The average Bonchev–Trinajstić information content (AvgIpc) is 3.17. The number of ether oxygens (including phenoxy) is 2. The molecule has 0 radical (unpaired) electrons. The molecule has 1 aromatic carbocycles. The quantitative estimate of drug-likeness (QED) is 0.331. The summed E-state index contributed by atoms with van der Waals surface area (Å²) in [7, 11) is 0. The van der Waals surface area contributed by atoms with Crippen LogP contribution in [0.1, 0.15) is 57.2 Å². The van der Waals surface area contributed by atoms with Crippen molar-refractivity contribution in [2.75, 3.05) is 6.61 Å². The lowest BCUT2D eigenvalue weighted by atomic mass is 10.0. The molecule has 0 bridgehead atoms. The number of hydrogen-bond acceptors (Lipinski definition) is 6. The summed E-state index contributed by atoms with van der Waals surface area (Å²) >= 11 is 0. The minimum Gasteiger partial charge on any atom is -0.466 e. The third-order valence-electron chi connectivity index (χ3n) is 4.83. The van der Waals surface area contributed by atoms with E-state index in [2.05, 4.69) is 27.2 Å². The Balaban J connectivity index is 1.72. The zero-order chi connectivity index (χ0) is 24.7. The number of nitrogens with one attached hydrogen (secondary N) is 1. The van der Waals surface area contributed by atoms with Gasteiger partial charge in [-0.15, -0.1) is 0 Å². The van der Waals surface area contributed by atoms with Gasteiger partial charge in [0.15, 0.2) is 0 Å². The van der Waals surface area contributed by atoms with Gasteiger partial charge < -0.3 is 14.8 Å². The zero-order valence-electron chi connectivity index (χ0n) is 20.3. The molecule has 34 heavy (non-hydrogen) atoms. The van der Waals surface area contributed by atoms with Crippen LogP contribution in [0.5, 0.6) is 0 Å². The van der Waals surface area contributed by atoms with Crippen molar-refractivity contribution in [1.29, 1.82) is 0 Å². The predicted molar refractivity (Wildman–Crippen MR) is 129 cm³/mol. The molecule has 0 fully saturated rings. The molecule has 3 rings (SSSR count). The number of rotatable bonds is 6. The molecule has 0 aliphatic carbocycles. The molecule has 0 spiro atoms. The second kappa shape index (κ2) is 10.8. The van der Waals surface area contributed by atoms with Crippen LogP contribution in [0.3, 0.4) is 0 Å². The van der Waals surface area contributed by atoms with Crippen molar-refractivity contribution in [3.05, 3.63) is 53.5 Å². The van der Waals surface area contributed by atoms with Gasteiger partial charge in [-0.1, -0.05) is 24.0 Å². The lowest BCUT2D eigenvalue weighted by Gasteiger charge is -2.20. The summed E-state index contributed by atoms with van der Waals surface area (Å²) in [5.74, 6) is 5.96. The Bertz CT molecular complexity index is 1250. The minimum absolute atomic E-state index is 0.277. The molecule has 178 valence electrons. The molecule has 1 amide bonds. The number of carbonyl (C=O) groups is 2. The van der Waals surface area contributed by atoms with Crippen molar-refractivity contribution in [1.82, 2.24) is 19.9 Å². The molecule has 0 unspecified atom stereocenters. The van der Waals surface area contributed by atoms with Crippen LogP contribution in [0.15, 0.2) is 36.8 Å². The van der Waals surface area contributed by atoms with E-state index in [1.165, 1.54) is 13.3 Å². The van der Waals surface area contributed by atoms with Gasteiger partial charge >= 0.3 is 12.1 Å². The van der Waals surface area contributed by atoms with Crippen molar-refractivity contribution in [2.24, 2.45) is 0 Å². The van der Waals surface area contributed by atoms with Crippen LogP contribution in [0, 0.1) is 18.8 Å². The molecule has 8 nitrogen and oxygen atoms in total. The Morgan fingerprint density at radius 2 is 2.00 bits per heavy atom. The number of fused-ring (bicyclic) bond motifs is 1. The lowest BCUT2D eigenvalue weighted by Crippen LogP contribution is -2.32. The van der Waals surface area contributed by atoms with E-state index in [9.17, 15) is 9.59 Å². The number of amides is 1. The molecule has 0 saturated carbocycles. The van der Waals surface area contributed by atoms with Crippen LogP contribution >= 0.6 is 0 Å². The molecule has 3 aromatic rings. The zero-order valence-corrected chi connectivity index (χ0v) is 20.3. The second-order valence-electron chi connectivity index (χ2n) is 8.91. The number of alkyl carbamates (subject to hydrolysis) is 1. The van der Waals surface area contributed by atoms with Gasteiger partial charge in [-0.2, -0.15) is 5.10 Å². The summed E-state index contributed by atoms with van der Waals surface area (Å²) in [6, 6.07) is 7.96. The molecule has 0 aliphatic heterocycles. The molecule has 2 aromatic heterocycles. The van der Waals surface area contributed by atoms with E-state index >= 15 is 0 Å². The summed E-state index contributed by atoms with van der Waals surface area (Å²) in [6.45, 7) is 9.65. The Hall–Kier alpha value is -3.86. The summed E-state index contributed by atoms with van der Waals surface area (Å²) in [5, 5.41) is 7.10. The van der Waals surface area contributed by atoms with Gasteiger partial charge in [0.2, 0.25) is 0 Å². The Morgan fingerprint density at radius 3 is 2.71 bits per heavy atom. The molecule has 0 atom stereocenters. The third kappa shape index (κ3) is 7.07. The normalized spacial score (nSPS) is 11.0. The maximum Gasteiger partial charge on any atom is 0.407 e. The molecule has 0 saturated heterocycles. The summed E-state index contributed by atoms with van der Waals surface area (Å²) < 4.78 is 12.0. The Labute approximate surface area is 199 Å². The number of aryl methyl sites for hydroxylation is 1. The van der Waals surface area contributed by atoms with Crippen LogP contribution < -0.4 is 5.32 Å². The highest BCUT2D eigenvalue weighted by Gasteiger charge is 2.16. The first-order chi connectivity index (χ1) is 16.1. The number of aromatic nitrogens is 3. The highest BCUT2D eigenvalue weighted by Crippen LogP contribution is 2.25. The van der Waals surface area contributed by atoms with Crippen LogP contribution in [0.2, 0.25) is 0 Å².